The highest BCUT2D eigenvalue weighted by atomic mass is 19.4. The van der Waals surface area contributed by atoms with E-state index in [0.717, 1.165) is 6.08 Å². The lowest BCUT2D eigenvalue weighted by Gasteiger charge is -2.18. The van der Waals surface area contributed by atoms with E-state index >= 15 is 0 Å². The van der Waals surface area contributed by atoms with Crippen molar-refractivity contribution < 1.29 is 18.0 Å². The van der Waals surface area contributed by atoms with Crippen LogP contribution in [-0.2, 0) is 4.79 Å². The first-order valence-electron chi connectivity index (χ1n) is 5.84. The molecule has 0 fully saturated rings. The van der Waals surface area contributed by atoms with Crippen LogP contribution < -0.4 is 0 Å². The van der Waals surface area contributed by atoms with Crippen LogP contribution >= 0.6 is 0 Å². The summed E-state index contributed by atoms with van der Waals surface area (Å²) in [4.78, 5) is 13.0. The molecule has 0 aliphatic heterocycles. The number of nitrogens with zero attached hydrogens (tertiary/aromatic N) is 1. The number of carbonyl (C=O) groups excluding carboxylic acids is 1. The van der Waals surface area contributed by atoms with E-state index in [0.29, 0.717) is 6.42 Å². The average molecular weight is 263 g/mol. The Labute approximate surface area is 106 Å². The van der Waals surface area contributed by atoms with Gasteiger partial charge in [0.25, 0.3) is 0 Å². The molecule has 18 heavy (non-hydrogen) atoms. The highest BCUT2D eigenvalue weighted by Crippen LogP contribution is 2.31. The lowest BCUT2D eigenvalue weighted by Crippen LogP contribution is -2.21. The Hall–Kier alpha value is -1.26. The molecule has 0 spiro atoms. The predicted octanol–water partition coefficient (Wildman–Crippen LogP) is 3.70. The number of halogens is 3. The summed E-state index contributed by atoms with van der Waals surface area (Å²) < 4.78 is 38.7. The summed E-state index contributed by atoms with van der Waals surface area (Å²) in [7, 11) is 3.13. The Morgan fingerprint density at radius 1 is 1.17 bits per heavy atom. The highest BCUT2D eigenvalue weighted by Gasteiger charge is 2.34. The van der Waals surface area contributed by atoms with Gasteiger partial charge in [0.15, 0.2) is 5.78 Å². The quantitative estimate of drug-likeness (QED) is 0.557. The van der Waals surface area contributed by atoms with E-state index in [2.05, 4.69) is 0 Å². The Bertz CT molecular complexity index is 365. The molecule has 0 unspecified atom stereocenters. The van der Waals surface area contributed by atoms with E-state index in [1.54, 1.807) is 27.9 Å². The first-order chi connectivity index (χ1) is 8.15. The molecule has 0 heterocycles. The molecule has 0 atom stereocenters. The van der Waals surface area contributed by atoms with Crippen molar-refractivity contribution in [2.24, 2.45) is 0 Å². The molecule has 0 aliphatic rings. The van der Waals surface area contributed by atoms with Crippen LogP contribution in [0.25, 0.3) is 0 Å². The summed E-state index contributed by atoms with van der Waals surface area (Å²) in [6, 6.07) is 0. The number of alkyl halides is 3. The van der Waals surface area contributed by atoms with Gasteiger partial charge in [-0.2, -0.15) is 13.2 Å². The van der Waals surface area contributed by atoms with Gasteiger partial charge >= 0.3 is 6.18 Å². The van der Waals surface area contributed by atoms with Crippen molar-refractivity contribution in [1.82, 2.24) is 4.90 Å². The second kappa shape index (κ2) is 6.61. The Morgan fingerprint density at radius 3 is 1.94 bits per heavy atom. The van der Waals surface area contributed by atoms with Crippen molar-refractivity contribution in [2.45, 2.75) is 39.8 Å². The topological polar surface area (TPSA) is 20.3 Å². The van der Waals surface area contributed by atoms with Crippen LogP contribution in [0.3, 0.4) is 0 Å². The van der Waals surface area contributed by atoms with Crippen molar-refractivity contribution in [1.29, 1.82) is 0 Å². The lowest BCUT2D eigenvalue weighted by molar-refractivity contribution is -0.116. The molecular weight excluding hydrogens is 243 g/mol. The van der Waals surface area contributed by atoms with Gasteiger partial charge in [-0.3, -0.25) is 4.79 Å². The largest absolute Gasteiger partial charge is 0.416 e. The summed E-state index contributed by atoms with van der Waals surface area (Å²) in [6.45, 7) is 4.72. The number of rotatable bonds is 5. The van der Waals surface area contributed by atoms with Crippen LogP contribution in [0.4, 0.5) is 13.2 Å². The Kier molecular flexibility index (Phi) is 6.15. The van der Waals surface area contributed by atoms with Crippen LogP contribution in [0, 0.1) is 0 Å². The number of ketones is 1. The molecular formula is C13H20F3NO. The van der Waals surface area contributed by atoms with Crippen molar-refractivity contribution in [3.8, 4) is 0 Å². The number of hydrogen-bond donors (Lipinski definition) is 0. The summed E-state index contributed by atoms with van der Waals surface area (Å²) in [5, 5.41) is 0. The van der Waals surface area contributed by atoms with Gasteiger partial charge in [-0.15, -0.1) is 0 Å². The minimum atomic E-state index is -4.44. The third-order valence-electron chi connectivity index (χ3n) is 2.67. The molecule has 0 aromatic heterocycles. The molecule has 104 valence electrons. The standard InChI is InChI=1S/C13H20F3NO/c1-6-9(3)10(13(14,15)16)8-11(17(4)5)12(18)7-2/h8H,6-7H2,1-5H3/b10-9-,11-8-. The molecule has 0 aromatic carbocycles. The van der Waals surface area contributed by atoms with E-state index in [1.807, 2.05) is 0 Å². The number of Topliss-reactive ketones (excluding diaryl/α,β-unsaturated/α-hetero) is 1. The minimum absolute atomic E-state index is 0.0811. The fourth-order valence-electron chi connectivity index (χ4n) is 1.41. The van der Waals surface area contributed by atoms with E-state index < -0.39 is 11.7 Å². The van der Waals surface area contributed by atoms with Gasteiger partial charge in [0.05, 0.1) is 11.3 Å². The van der Waals surface area contributed by atoms with Crippen molar-refractivity contribution in [3.63, 3.8) is 0 Å². The molecule has 0 N–H and O–H groups in total. The van der Waals surface area contributed by atoms with Crippen LogP contribution in [0.15, 0.2) is 22.9 Å². The number of allylic oxidation sites excluding steroid dienone is 4. The van der Waals surface area contributed by atoms with E-state index in [1.165, 1.54) is 11.8 Å². The fourth-order valence-corrected chi connectivity index (χ4v) is 1.41. The first-order valence-corrected chi connectivity index (χ1v) is 5.84. The molecule has 0 saturated heterocycles. The van der Waals surface area contributed by atoms with Crippen LogP contribution in [0.5, 0.6) is 0 Å². The fraction of sp³-hybridized carbons (Fsp3) is 0.615. The SMILES string of the molecule is CCC(=O)/C(=C/C(=C(\C)CC)C(F)(F)F)N(C)C. The van der Waals surface area contributed by atoms with Crippen molar-refractivity contribution in [3.05, 3.63) is 22.9 Å². The van der Waals surface area contributed by atoms with E-state index in [4.69, 9.17) is 0 Å². The summed E-state index contributed by atoms with van der Waals surface area (Å²) >= 11 is 0. The molecule has 0 bridgehead atoms. The second-order valence-electron chi connectivity index (χ2n) is 4.25. The van der Waals surface area contributed by atoms with Crippen molar-refractivity contribution >= 4 is 5.78 Å². The molecule has 2 nitrogen and oxygen atoms in total. The molecule has 0 amide bonds. The van der Waals surface area contributed by atoms with Crippen LogP contribution in [0.1, 0.15) is 33.6 Å². The average Bonchev–Trinajstić information content (AvgIpc) is 2.26. The molecule has 0 rings (SSSR count). The normalized spacial score (nSPS) is 14.3. The first kappa shape index (κ1) is 16.7. The summed E-state index contributed by atoms with van der Waals surface area (Å²) in [5.74, 6) is -0.300. The van der Waals surface area contributed by atoms with Crippen LogP contribution in [0.2, 0.25) is 0 Å². The molecule has 5 heteroatoms. The van der Waals surface area contributed by atoms with Gasteiger partial charge in [-0.25, -0.2) is 0 Å². The van der Waals surface area contributed by atoms with Crippen molar-refractivity contribution in [2.75, 3.05) is 14.1 Å². The zero-order valence-corrected chi connectivity index (χ0v) is 11.5. The van der Waals surface area contributed by atoms with Gasteiger partial charge in [-0.05, 0) is 19.4 Å². The third-order valence-corrected chi connectivity index (χ3v) is 2.67. The van der Waals surface area contributed by atoms with Gasteiger partial charge < -0.3 is 4.90 Å². The van der Waals surface area contributed by atoms with E-state index in [-0.39, 0.29) is 23.5 Å². The Morgan fingerprint density at radius 2 is 1.67 bits per heavy atom. The summed E-state index contributed by atoms with van der Waals surface area (Å²) in [6.07, 6.45) is -3.01. The van der Waals surface area contributed by atoms with Gasteiger partial charge in [0.1, 0.15) is 0 Å². The minimum Gasteiger partial charge on any atom is -0.375 e. The Balaban J connectivity index is 5.73. The van der Waals surface area contributed by atoms with E-state index in [9.17, 15) is 18.0 Å². The third kappa shape index (κ3) is 4.55. The highest BCUT2D eigenvalue weighted by molar-refractivity contribution is 5.95. The monoisotopic (exact) mass is 263 g/mol. The molecule has 0 aliphatic carbocycles. The van der Waals surface area contributed by atoms with Gasteiger partial charge in [0, 0.05) is 20.5 Å². The number of carbonyl (C=O) groups is 1. The number of likely N-dealkylation sites (N-methyl/N-ethyl adjacent to an activating group) is 1. The van der Waals surface area contributed by atoms with Gasteiger partial charge in [0.2, 0.25) is 0 Å². The second-order valence-corrected chi connectivity index (χ2v) is 4.25. The zero-order valence-electron chi connectivity index (χ0n) is 11.5. The lowest BCUT2D eigenvalue weighted by atomic mass is 10.0. The smallest absolute Gasteiger partial charge is 0.375 e. The van der Waals surface area contributed by atoms with Crippen LogP contribution in [-0.4, -0.2) is 31.0 Å². The number of hydrogen-bond acceptors (Lipinski definition) is 2. The molecule has 0 saturated carbocycles. The summed E-state index contributed by atoms with van der Waals surface area (Å²) in [5.41, 5.74) is -0.418. The molecule has 0 radical (unpaired) electrons. The maximum Gasteiger partial charge on any atom is 0.416 e. The predicted molar refractivity (Wildman–Crippen MR) is 66.1 cm³/mol. The maximum absolute atomic E-state index is 12.9. The maximum atomic E-state index is 12.9. The zero-order chi connectivity index (χ0) is 14.5. The molecule has 0 aromatic rings. The van der Waals surface area contributed by atoms with Gasteiger partial charge in [-0.1, -0.05) is 19.4 Å².